The molecule has 10 heteroatoms. The molecular weight excluding hydrogens is 401 g/mol. The van der Waals surface area contributed by atoms with Crippen molar-refractivity contribution in [3.05, 3.63) is 52.1 Å². The van der Waals surface area contributed by atoms with Gasteiger partial charge in [-0.25, -0.2) is 9.78 Å². The Bertz CT molecular complexity index is 1100. The number of nitrogens with zero attached hydrogens (tertiary/aromatic N) is 1. The number of para-hydroxylation sites is 1. The third-order valence-corrected chi connectivity index (χ3v) is 4.23. The van der Waals surface area contributed by atoms with Crippen LogP contribution in [0.4, 0.5) is 18.9 Å². The van der Waals surface area contributed by atoms with Crippen molar-refractivity contribution in [3.8, 4) is 5.88 Å². The molecule has 0 unspecified atom stereocenters. The molecule has 0 fully saturated rings. The number of anilines is 1. The first kappa shape index (κ1) is 21.4. The van der Waals surface area contributed by atoms with Gasteiger partial charge >= 0.3 is 11.9 Å². The van der Waals surface area contributed by atoms with Gasteiger partial charge in [-0.3, -0.25) is 4.79 Å². The van der Waals surface area contributed by atoms with Crippen LogP contribution in [0.1, 0.15) is 31.5 Å². The fraction of sp³-hybridized carbons (Fsp3) is 0.350. The molecule has 0 spiro atoms. The van der Waals surface area contributed by atoms with E-state index < -0.39 is 17.6 Å². The number of rotatable bonds is 7. The molecule has 0 aliphatic carbocycles. The minimum Gasteiger partial charge on any atom is -0.477 e. The van der Waals surface area contributed by atoms with Crippen molar-refractivity contribution in [2.45, 2.75) is 32.9 Å². The van der Waals surface area contributed by atoms with Gasteiger partial charge in [-0.2, -0.15) is 13.2 Å². The number of carbonyl (C=O) groups excluding carboxylic acids is 1. The molecule has 0 saturated heterocycles. The number of imidazole rings is 1. The number of aromatic amines is 2. The first-order valence-electron chi connectivity index (χ1n) is 9.34. The number of hydrogen-bond acceptors (Lipinski definition) is 4. The topological polar surface area (TPSA) is 99.9 Å². The van der Waals surface area contributed by atoms with Crippen LogP contribution in [0.25, 0.3) is 11.0 Å². The van der Waals surface area contributed by atoms with Crippen LogP contribution in [0.2, 0.25) is 0 Å². The minimum atomic E-state index is -4.59. The molecule has 0 saturated carbocycles. The van der Waals surface area contributed by atoms with E-state index in [2.05, 4.69) is 20.3 Å². The molecule has 3 aromatic rings. The van der Waals surface area contributed by atoms with Crippen molar-refractivity contribution < 1.29 is 22.7 Å². The molecule has 0 bridgehead atoms. The van der Waals surface area contributed by atoms with Gasteiger partial charge in [0.25, 0.3) is 0 Å². The van der Waals surface area contributed by atoms with Gasteiger partial charge in [-0.1, -0.05) is 26.0 Å². The van der Waals surface area contributed by atoms with Gasteiger partial charge in [-0.15, -0.1) is 0 Å². The van der Waals surface area contributed by atoms with Crippen molar-refractivity contribution >= 4 is 22.6 Å². The zero-order valence-corrected chi connectivity index (χ0v) is 16.4. The Kier molecular flexibility index (Phi) is 6.14. The van der Waals surface area contributed by atoms with E-state index >= 15 is 0 Å². The first-order chi connectivity index (χ1) is 14.1. The van der Waals surface area contributed by atoms with Gasteiger partial charge in [-0.05, 0) is 30.5 Å². The molecule has 30 heavy (non-hydrogen) atoms. The minimum absolute atomic E-state index is 0.00384. The monoisotopic (exact) mass is 422 g/mol. The molecule has 1 aromatic carbocycles. The maximum Gasteiger partial charge on any atom is 0.433 e. The predicted octanol–water partition coefficient (Wildman–Crippen LogP) is 3.88. The highest BCUT2D eigenvalue weighted by atomic mass is 19.4. The number of benzene rings is 1. The highest BCUT2D eigenvalue weighted by Crippen LogP contribution is 2.31. The second-order valence-corrected chi connectivity index (χ2v) is 7.22. The fourth-order valence-electron chi connectivity index (χ4n) is 2.81. The van der Waals surface area contributed by atoms with Crippen LogP contribution in [0.3, 0.4) is 0 Å². The number of aryl methyl sites for hydroxylation is 1. The molecule has 3 rings (SSSR count). The number of aromatic nitrogens is 3. The van der Waals surface area contributed by atoms with Crippen molar-refractivity contribution in [3.63, 3.8) is 0 Å². The van der Waals surface area contributed by atoms with Crippen molar-refractivity contribution in [1.29, 1.82) is 0 Å². The lowest BCUT2D eigenvalue weighted by atomic mass is 10.1. The average Bonchev–Trinajstić information content (AvgIpc) is 3.05. The van der Waals surface area contributed by atoms with Crippen LogP contribution < -0.4 is 15.7 Å². The Balaban J connectivity index is 1.73. The standard InChI is InChI=1S/C20H21F3N4O3/c1-11(2)10-30-18-12(6-8-15(26-18)20(21,22)23)7-9-16(28)24-13-4-3-5-14-17(13)27-19(29)25-14/h3-6,8,11H,7,9-10H2,1-2H3,(H,24,28)(H2,25,27,29). The van der Waals surface area contributed by atoms with Gasteiger partial charge < -0.3 is 20.0 Å². The Morgan fingerprint density at radius 3 is 2.67 bits per heavy atom. The van der Waals surface area contributed by atoms with Crippen LogP contribution in [0, 0.1) is 5.92 Å². The summed E-state index contributed by atoms with van der Waals surface area (Å²) in [6, 6.07) is 7.17. The van der Waals surface area contributed by atoms with E-state index in [1.54, 1.807) is 18.2 Å². The maximum absolute atomic E-state index is 13.0. The number of fused-ring (bicyclic) bond motifs is 1. The number of carbonyl (C=O) groups is 1. The lowest BCUT2D eigenvalue weighted by molar-refractivity contribution is -0.141. The van der Waals surface area contributed by atoms with Gasteiger partial charge in [0.1, 0.15) is 5.69 Å². The largest absolute Gasteiger partial charge is 0.477 e. The molecule has 0 radical (unpaired) electrons. The van der Waals surface area contributed by atoms with Crippen molar-refractivity contribution in [1.82, 2.24) is 15.0 Å². The molecule has 0 aliphatic heterocycles. The molecule has 160 valence electrons. The van der Waals surface area contributed by atoms with E-state index in [4.69, 9.17) is 4.74 Å². The number of hydrogen-bond donors (Lipinski definition) is 3. The molecule has 1 amide bonds. The quantitative estimate of drug-likeness (QED) is 0.538. The van der Waals surface area contributed by atoms with Gasteiger partial charge in [0.05, 0.1) is 23.3 Å². The molecular formula is C20H21F3N4O3. The van der Waals surface area contributed by atoms with Crippen LogP contribution in [0.15, 0.2) is 35.1 Å². The Labute approximate surface area is 169 Å². The lowest BCUT2D eigenvalue weighted by Gasteiger charge is -2.15. The second kappa shape index (κ2) is 8.60. The first-order valence-corrected chi connectivity index (χ1v) is 9.34. The molecule has 2 heterocycles. The van der Waals surface area contributed by atoms with Crippen LogP contribution in [-0.2, 0) is 17.4 Å². The summed E-state index contributed by atoms with van der Waals surface area (Å²) in [6.45, 7) is 3.94. The number of nitrogens with one attached hydrogen (secondary N) is 3. The molecule has 0 aliphatic rings. The highest BCUT2D eigenvalue weighted by molar-refractivity contribution is 5.99. The Morgan fingerprint density at radius 2 is 1.97 bits per heavy atom. The summed E-state index contributed by atoms with van der Waals surface area (Å²) in [5.41, 5.74) is 0.416. The predicted molar refractivity (Wildman–Crippen MR) is 105 cm³/mol. The summed E-state index contributed by atoms with van der Waals surface area (Å²) in [4.78, 5) is 32.6. The number of alkyl halides is 3. The zero-order valence-electron chi connectivity index (χ0n) is 16.4. The Hall–Kier alpha value is -3.30. The van der Waals surface area contributed by atoms with E-state index in [-0.39, 0.29) is 37.2 Å². The number of H-pyrrole nitrogens is 2. The average molecular weight is 422 g/mol. The summed E-state index contributed by atoms with van der Waals surface area (Å²) < 4.78 is 44.4. The molecule has 7 nitrogen and oxygen atoms in total. The normalized spacial score (nSPS) is 11.8. The number of ether oxygens (including phenoxy) is 1. The van der Waals surface area contributed by atoms with E-state index in [0.29, 0.717) is 22.3 Å². The summed E-state index contributed by atoms with van der Waals surface area (Å²) in [6.07, 6.45) is -4.45. The fourth-order valence-corrected chi connectivity index (χ4v) is 2.81. The Morgan fingerprint density at radius 1 is 1.20 bits per heavy atom. The SMILES string of the molecule is CC(C)COc1nc(C(F)(F)F)ccc1CCC(=O)Nc1cccc2[nH]c(=O)[nH]c12. The van der Waals surface area contributed by atoms with Crippen LogP contribution in [-0.4, -0.2) is 27.5 Å². The zero-order chi connectivity index (χ0) is 21.9. The summed E-state index contributed by atoms with van der Waals surface area (Å²) in [5.74, 6) is -0.385. The number of amides is 1. The van der Waals surface area contributed by atoms with Crippen molar-refractivity contribution in [2.75, 3.05) is 11.9 Å². The highest BCUT2D eigenvalue weighted by Gasteiger charge is 2.33. The molecule has 0 atom stereocenters. The van der Waals surface area contributed by atoms with Gasteiger partial charge in [0.2, 0.25) is 11.8 Å². The van der Waals surface area contributed by atoms with E-state index in [1.807, 2.05) is 13.8 Å². The third kappa shape index (κ3) is 5.19. The summed E-state index contributed by atoms with van der Waals surface area (Å²) in [5, 5.41) is 2.70. The summed E-state index contributed by atoms with van der Waals surface area (Å²) in [7, 11) is 0. The van der Waals surface area contributed by atoms with E-state index in [0.717, 1.165) is 6.07 Å². The molecule has 3 N–H and O–H groups in total. The van der Waals surface area contributed by atoms with Crippen LogP contribution >= 0.6 is 0 Å². The maximum atomic E-state index is 13.0. The van der Waals surface area contributed by atoms with E-state index in [9.17, 15) is 22.8 Å². The van der Waals surface area contributed by atoms with Gasteiger partial charge in [0.15, 0.2) is 0 Å². The second-order valence-electron chi connectivity index (χ2n) is 7.22. The molecule has 2 aromatic heterocycles. The summed E-state index contributed by atoms with van der Waals surface area (Å²) >= 11 is 0. The number of halogens is 3. The van der Waals surface area contributed by atoms with Crippen molar-refractivity contribution in [2.24, 2.45) is 5.92 Å². The third-order valence-electron chi connectivity index (χ3n) is 4.23. The van der Waals surface area contributed by atoms with Gasteiger partial charge in [0, 0.05) is 12.0 Å². The smallest absolute Gasteiger partial charge is 0.433 e. The lowest BCUT2D eigenvalue weighted by Crippen LogP contribution is -2.15. The number of pyridine rings is 1. The van der Waals surface area contributed by atoms with E-state index in [1.165, 1.54) is 6.07 Å². The van der Waals surface area contributed by atoms with Crippen LogP contribution in [0.5, 0.6) is 5.88 Å².